The number of carbonyl (C=O) groups is 1. The Balaban J connectivity index is 1.99. The Bertz CT molecular complexity index is 814. The molecule has 1 heterocycles. The fourth-order valence-electron chi connectivity index (χ4n) is 2.27. The van der Waals surface area contributed by atoms with E-state index in [0.29, 0.717) is 22.0 Å². The van der Waals surface area contributed by atoms with Crippen molar-refractivity contribution in [3.8, 4) is 5.75 Å². The van der Waals surface area contributed by atoms with Crippen LogP contribution in [0, 0.1) is 6.92 Å². The summed E-state index contributed by atoms with van der Waals surface area (Å²) in [6.45, 7) is 2.01. The molecule has 0 aliphatic carbocycles. The highest BCUT2D eigenvalue weighted by atomic mass is 35.5. The van der Waals surface area contributed by atoms with Crippen LogP contribution in [0.3, 0.4) is 0 Å². The maximum atomic E-state index is 12.2. The van der Waals surface area contributed by atoms with Crippen molar-refractivity contribution in [2.45, 2.75) is 19.8 Å². The largest absolute Gasteiger partial charge is 0.573 e. The van der Waals surface area contributed by atoms with Gasteiger partial charge in [-0.15, -0.1) is 13.2 Å². The van der Waals surface area contributed by atoms with E-state index in [1.807, 2.05) is 0 Å². The molecule has 2 rings (SSSR count). The first-order valence-electron chi connectivity index (χ1n) is 7.54. The Hall–Kier alpha value is -2.48. The molecule has 9 heteroatoms. The topological polar surface area (TPSA) is 47.4 Å². The molecular weight excluding hydrogens is 371 g/mol. The molecule has 1 aromatic heterocycles. The summed E-state index contributed by atoms with van der Waals surface area (Å²) in [5.41, 5.74) is 2.02. The zero-order valence-corrected chi connectivity index (χ0v) is 15.1. The molecule has 140 valence electrons. The highest BCUT2D eigenvalue weighted by Gasteiger charge is 2.30. The number of halogens is 4. The summed E-state index contributed by atoms with van der Waals surface area (Å²) in [5, 5.41) is 4.58. The molecule has 0 bridgehead atoms. The molecule has 0 radical (unpaired) electrons. The fraction of sp³-hybridized carbons (Fsp3) is 0.294. The average molecular weight is 388 g/mol. The first-order chi connectivity index (χ1) is 12.1. The number of hydrogen-bond donors (Lipinski definition) is 0. The van der Waals surface area contributed by atoms with Gasteiger partial charge in [-0.1, -0.05) is 23.7 Å². The lowest BCUT2D eigenvalue weighted by Gasteiger charge is -2.16. The molecule has 0 aliphatic heterocycles. The van der Waals surface area contributed by atoms with Crippen molar-refractivity contribution >= 4 is 23.6 Å². The summed E-state index contributed by atoms with van der Waals surface area (Å²) < 4.78 is 41.7. The van der Waals surface area contributed by atoms with Crippen LogP contribution in [-0.2, 0) is 18.4 Å². The Labute approximate surface area is 153 Å². The second-order valence-corrected chi connectivity index (χ2v) is 5.99. The van der Waals surface area contributed by atoms with Gasteiger partial charge in [0.05, 0.1) is 5.69 Å². The number of carbonyl (C=O) groups excluding carboxylic acids is 1. The van der Waals surface area contributed by atoms with Crippen LogP contribution in [-0.4, -0.2) is 34.0 Å². The van der Waals surface area contributed by atoms with Crippen molar-refractivity contribution in [1.82, 2.24) is 14.7 Å². The molecule has 1 amide bonds. The molecule has 0 saturated heterocycles. The average Bonchev–Trinajstić information content (AvgIpc) is 2.78. The number of amides is 1. The highest BCUT2D eigenvalue weighted by Crippen LogP contribution is 2.23. The molecule has 2 aromatic rings. The predicted molar refractivity (Wildman–Crippen MR) is 91.6 cm³/mol. The molecular formula is C17H17ClF3N3O2. The summed E-state index contributed by atoms with van der Waals surface area (Å²) in [6, 6.07) is 5.35. The van der Waals surface area contributed by atoms with Gasteiger partial charge >= 0.3 is 6.36 Å². The van der Waals surface area contributed by atoms with E-state index in [4.69, 9.17) is 11.6 Å². The van der Waals surface area contributed by atoms with Crippen molar-refractivity contribution in [1.29, 1.82) is 0 Å². The molecule has 0 spiro atoms. The van der Waals surface area contributed by atoms with E-state index in [1.54, 1.807) is 27.1 Å². The van der Waals surface area contributed by atoms with Gasteiger partial charge in [0.25, 0.3) is 0 Å². The van der Waals surface area contributed by atoms with Crippen LogP contribution in [0.1, 0.15) is 16.8 Å². The van der Waals surface area contributed by atoms with E-state index in [0.717, 1.165) is 0 Å². The van der Waals surface area contributed by atoms with Crippen molar-refractivity contribution < 1.29 is 22.7 Å². The number of likely N-dealkylation sites (N-methyl/N-ethyl adjacent to an activating group) is 1. The van der Waals surface area contributed by atoms with Crippen LogP contribution in [0.25, 0.3) is 6.08 Å². The molecule has 0 fully saturated rings. The molecule has 5 nitrogen and oxygen atoms in total. The number of benzene rings is 1. The van der Waals surface area contributed by atoms with E-state index in [-0.39, 0.29) is 18.2 Å². The first kappa shape index (κ1) is 19.8. The van der Waals surface area contributed by atoms with Crippen molar-refractivity contribution in [2.24, 2.45) is 7.05 Å². The number of ether oxygens (including phenoxy) is 1. The third-order valence-electron chi connectivity index (χ3n) is 3.54. The van der Waals surface area contributed by atoms with Crippen molar-refractivity contribution in [3.63, 3.8) is 0 Å². The summed E-state index contributed by atoms with van der Waals surface area (Å²) in [5.74, 6) is -0.586. The zero-order chi connectivity index (χ0) is 19.5. The molecule has 26 heavy (non-hydrogen) atoms. The van der Waals surface area contributed by atoms with Crippen molar-refractivity contribution in [3.05, 3.63) is 52.3 Å². The predicted octanol–water partition coefficient (Wildman–Crippen LogP) is 3.95. The van der Waals surface area contributed by atoms with Gasteiger partial charge in [0.15, 0.2) is 0 Å². The monoisotopic (exact) mass is 387 g/mol. The molecule has 0 saturated carbocycles. The second kappa shape index (κ2) is 7.82. The third-order valence-corrected chi connectivity index (χ3v) is 3.99. The van der Waals surface area contributed by atoms with E-state index >= 15 is 0 Å². The third kappa shape index (κ3) is 5.26. The second-order valence-electron chi connectivity index (χ2n) is 5.63. The maximum Gasteiger partial charge on any atom is 0.573 e. The van der Waals surface area contributed by atoms with Crippen LogP contribution in [0.15, 0.2) is 30.3 Å². The van der Waals surface area contributed by atoms with E-state index in [2.05, 4.69) is 9.84 Å². The summed E-state index contributed by atoms with van der Waals surface area (Å²) in [7, 11) is 3.29. The van der Waals surface area contributed by atoms with Gasteiger partial charge in [0, 0.05) is 32.3 Å². The van der Waals surface area contributed by atoms with Gasteiger partial charge in [-0.3, -0.25) is 9.48 Å². The van der Waals surface area contributed by atoms with Crippen molar-refractivity contribution in [2.75, 3.05) is 7.05 Å². The normalized spacial score (nSPS) is 11.8. The van der Waals surface area contributed by atoms with Crippen LogP contribution in [0.5, 0.6) is 5.75 Å². The minimum absolute atomic E-state index is 0.231. The molecule has 0 aliphatic rings. The lowest BCUT2D eigenvalue weighted by atomic mass is 10.2. The van der Waals surface area contributed by atoms with Gasteiger partial charge in [0.2, 0.25) is 5.91 Å². The molecule has 0 atom stereocenters. The summed E-state index contributed by atoms with van der Waals surface area (Å²) in [6.07, 6.45) is -1.77. The minimum atomic E-state index is -4.73. The molecule has 1 aromatic carbocycles. The Morgan fingerprint density at radius 1 is 1.35 bits per heavy atom. The Morgan fingerprint density at radius 3 is 2.46 bits per heavy atom. The number of alkyl halides is 3. The van der Waals surface area contributed by atoms with Crippen LogP contribution in [0.4, 0.5) is 13.2 Å². The lowest BCUT2D eigenvalue weighted by molar-refractivity contribution is -0.274. The number of aryl methyl sites for hydroxylation is 2. The number of aromatic nitrogens is 2. The quantitative estimate of drug-likeness (QED) is 0.730. The maximum absolute atomic E-state index is 12.2. The zero-order valence-electron chi connectivity index (χ0n) is 14.3. The highest BCUT2D eigenvalue weighted by molar-refractivity contribution is 6.31. The van der Waals surface area contributed by atoms with Gasteiger partial charge in [-0.25, -0.2) is 0 Å². The SMILES string of the molecule is Cc1nn(C)c(Cl)c1/C=C/C(=O)N(C)Cc1ccc(OC(F)(F)F)cc1. The molecule has 0 unspecified atom stereocenters. The van der Waals surface area contributed by atoms with E-state index in [9.17, 15) is 18.0 Å². The standard InChI is InChI=1S/C17H17ClF3N3O2/c1-11-14(16(18)24(3)22-11)8-9-15(25)23(2)10-12-4-6-13(7-5-12)26-17(19,20)21/h4-9H,10H2,1-3H3/b9-8+. The summed E-state index contributed by atoms with van der Waals surface area (Å²) in [4.78, 5) is 13.6. The van der Waals surface area contributed by atoms with Crippen LogP contribution >= 0.6 is 11.6 Å². The number of nitrogens with zero attached hydrogens (tertiary/aromatic N) is 3. The molecule has 0 N–H and O–H groups in total. The first-order valence-corrected chi connectivity index (χ1v) is 7.91. The Kier molecular flexibility index (Phi) is 5.97. The van der Waals surface area contributed by atoms with E-state index < -0.39 is 6.36 Å². The van der Waals surface area contributed by atoms with Gasteiger partial charge in [-0.05, 0) is 30.7 Å². The van der Waals surface area contributed by atoms with Crippen LogP contribution < -0.4 is 4.74 Å². The fourth-order valence-corrected chi connectivity index (χ4v) is 2.50. The van der Waals surface area contributed by atoms with Gasteiger partial charge in [-0.2, -0.15) is 5.10 Å². The lowest BCUT2D eigenvalue weighted by Crippen LogP contribution is -2.24. The van der Waals surface area contributed by atoms with Crippen LogP contribution in [0.2, 0.25) is 5.15 Å². The van der Waals surface area contributed by atoms with E-state index in [1.165, 1.54) is 39.9 Å². The number of rotatable bonds is 5. The minimum Gasteiger partial charge on any atom is -0.406 e. The van der Waals surface area contributed by atoms with Gasteiger partial charge in [0.1, 0.15) is 10.9 Å². The summed E-state index contributed by atoms with van der Waals surface area (Å²) >= 11 is 6.10. The van der Waals surface area contributed by atoms with Gasteiger partial charge < -0.3 is 9.64 Å². The Morgan fingerprint density at radius 2 is 1.96 bits per heavy atom. The smallest absolute Gasteiger partial charge is 0.406 e. The number of hydrogen-bond acceptors (Lipinski definition) is 3.